The lowest BCUT2D eigenvalue weighted by Gasteiger charge is -2.13. The molecule has 0 saturated carbocycles. The second-order valence-electron chi connectivity index (χ2n) is 3.10. The molecule has 0 radical (unpaired) electrons. The largest absolute Gasteiger partial charge is 0.259 e. The van der Waals surface area contributed by atoms with Crippen molar-refractivity contribution >= 4 is 22.6 Å². The molecule has 0 aliphatic carbocycles. The highest BCUT2D eigenvalue weighted by molar-refractivity contribution is 14.1. The number of halogens is 1. The zero-order valence-electron chi connectivity index (χ0n) is 7.00. The average Bonchev–Trinajstić information content (AvgIpc) is 2.05. The summed E-state index contributed by atoms with van der Waals surface area (Å²) in [4.78, 5) is 4.19. The quantitative estimate of drug-likeness (QED) is 0.736. The van der Waals surface area contributed by atoms with E-state index in [2.05, 4.69) is 33.6 Å². The minimum Gasteiger partial charge on any atom is -0.259 e. The summed E-state index contributed by atoms with van der Waals surface area (Å²) < 4.78 is 1.09. The summed E-state index contributed by atoms with van der Waals surface area (Å²) in [5.74, 6) is 0. The van der Waals surface area contributed by atoms with Crippen LogP contribution in [0.25, 0.3) is 0 Å². The first-order valence-corrected chi connectivity index (χ1v) is 4.67. The number of aromatic nitrogens is 1. The van der Waals surface area contributed by atoms with Gasteiger partial charge in [0.25, 0.3) is 0 Å². The molecule has 0 aromatic carbocycles. The van der Waals surface area contributed by atoms with Crippen LogP contribution in [0, 0.1) is 14.9 Å². The SMILES string of the molecule is CC(C)(C#N)c1ccc(I)cn1. The summed E-state index contributed by atoms with van der Waals surface area (Å²) in [5.41, 5.74) is 0.343. The topological polar surface area (TPSA) is 36.7 Å². The van der Waals surface area contributed by atoms with Gasteiger partial charge in [-0.05, 0) is 48.6 Å². The van der Waals surface area contributed by atoms with Crippen LogP contribution in [-0.4, -0.2) is 4.98 Å². The zero-order chi connectivity index (χ0) is 9.19. The molecule has 0 N–H and O–H groups in total. The Morgan fingerprint density at radius 3 is 2.58 bits per heavy atom. The molecule has 1 heterocycles. The van der Waals surface area contributed by atoms with E-state index in [0.717, 1.165) is 9.26 Å². The second kappa shape index (κ2) is 3.40. The Bertz CT molecular complexity index is 308. The first-order chi connectivity index (χ1) is 5.56. The number of hydrogen-bond acceptors (Lipinski definition) is 2. The van der Waals surface area contributed by atoms with Gasteiger partial charge in [-0.25, -0.2) is 0 Å². The molecule has 0 fully saturated rings. The molecular formula is C9H9IN2. The lowest BCUT2D eigenvalue weighted by molar-refractivity contribution is 0.659. The molecule has 0 unspecified atom stereocenters. The monoisotopic (exact) mass is 272 g/mol. The van der Waals surface area contributed by atoms with E-state index in [0.29, 0.717) is 0 Å². The van der Waals surface area contributed by atoms with Crippen molar-refractivity contribution in [2.24, 2.45) is 0 Å². The van der Waals surface area contributed by atoms with E-state index in [1.165, 1.54) is 0 Å². The third-order valence-electron chi connectivity index (χ3n) is 1.65. The Hall–Kier alpha value is -0.630. The lowest BCUT2D eigenvalue weighted by Crippen LogP contribution is -2.15. The van der Waals surface area contributed by atoms with Gasteiger partial charge in [0.15, 0.2) is 0 Å². The van der Waals surface area contributed by atoms with Crippen molar-refractivity contribution in [2.45, 2.75) is 19.3 Å². The van der Waals surface area contributed by atoms with E-state index in [1.54, 1.807) is 6.20 Å². The minimum absolute atomic E-state index is 0.482. The van der Waals surface area contributed by atoms with E-state index in [9.17, 15) is 0 Å². The molecule has 1 aromatic heterocycles. The molecule has 0 aliphatic heterocycles. The smallest absolute Gasteiger partial charge is 0.0937 e. The fraction of sp³-hybridized carbons (Fsp3) is 0.333. The van der Waals surface area contributed by atoms with Crippen molar-refractivity contribution in [3.05, 3.63) is 27.6 Å². The molecule has 62 valence electrons. The Morgan fingerprint density at radius 2 is 2.17 bits per heavy atom. The van der Waals surface area contributed by atoms with Gasteiger partial charge in [-0.1, -0.05) is 0 Å². The predicted octanol–water partition coefficient (Wildman–Crippen LogP) is 2.49. The summed E-state index contributed by atoms with van der Waals surface area (Å²) in [6, 6.07) is 6.07. The molecule has 1 rings (SSSR count). The van der Waals surface area contributed by atoms with Crippen LogP contribution in [0.5, 0.6) is 0 Å². The Morgan fingerprint density at radius 1 is 1.50 bits per heavy atom. The molecule has 0 spiro atoms. The van der Waals surface area contributed by atoms with Gasteiger partial charge in [-0.2, -0.15) is 5.26 Å². The van der Waals surface area contributed by atoms with Crippen LogP contribution >= 0.6 is 22.6 Å². The number of pyridine rings is 1. The number of hydrogen-bond donors (Lipinski definition) is 0. The maximum Gasteiger partial charge on any atom is 0.0937 e. The van der Waals surface area contributed by atoms with Gasteiger partial charge in [0, 0.05) is 9.77 Å². The van der Waals surface area contributed by atoms with Crippen molar-refractivity contribution in [1.82, 2.24) is 4.98 Å². The molecular weight excluding hydrogens is 263 g/mol. The van der Waals surface area contributed by atoms with E-state index in [4.69, 9.17) is 5.26 Å². The van der Waals surface area contributed by atoms with E-state index < -0.39 is 5.41 Å². The van der Waals surface area contributed by atoms with Crippen LogP contribution in [0.1, 0.15) is 19.5 Å². The minimum atomic E-state index is -0.482. The fourth-order valence-electron chi connectivity index (χ4n) is 0.803. The van der Waals surface area contributed by atoms with E-state index in [-0.39, 0.29) is 0 Å². The van der Waals surface area contributed by atoms with Gasteiger partial charge in [-0.15, -0.1) is 0 Å². The van der Waals surface area contributed by atoms with Crippen molar-refractivity contribution in [3.63, 3.8) is 0 Å². The summed E-state index contributed by atoms with van der Waals surface area (Å²) in [7, 11) is 0. The first kappa shape index (κ1) is 9.46. The average molecular weight is 272 g/mol. The lowest BCUT2D eigenvalue weighted by atomic mass is 9.91. The Kier molecular flexibility index (Phi) is 2.68. The highest BCUT2D eigenvalue weighted by atomic mass is 127. The zero-order valence-corrected chi connectivity index (χ0v) is 9.16. The maximum atomic E-state index is 8.82. The molecule has 3 heteroatoms. The second-order valence-corrected chi connectivity index (χ2v) is 4.34. The highest BCUT2D eigenvalue weighted by Crippen LogP contribution is 2.19. The van der Waals surface area contributed by atoms with Gasteiger partial charge in [0.05, 0.1) is 17.2 Å². The standard InChI is InChI=1S/C9H9IN2/c1-9(2,6-11)8-4-3-7(10)5-12-8/h3-5H,1-2H3. The maximum absolute atomic E-state index is 8.82. The van der Waals surface area contributed by atoms with Crippen LogP contribution in [0.4, 0.5) is 0 Å². The number of nitriles is 1. The molecule has 0 saturated heterocycles. The van der Waals surface area contributed by atoms with Crippen molar-refractivity contribution in [1.29, 1.82) is 5.26 Å². The Balaban J connectivity index is 3.07. The van der Waals surface area contributed by atoms with Crippen molar-refractivity contribution in [3.8, 4) is 6.07 Å². The molecule has 12 heavy (non-hydrogen) atoms. The van der Waals surface area contributed by atoms with Gasteiger partial charge >= 0.3 is 0 Å². The van der Waals surface area contributed by atoms with Gasteiger partial charge in [-0.3, -0.25) is 4.98 Å². The molecule has 0 atom stereocenters. The normalized spacial score (nSPS) is 10.8. The highest BCUT2D eigenvalue weighted by Gasteiger charge is 2.20. The molecule has 0 amide bonds. The van der Waals surface area contributed by atoms with Gasteiger partial charge in [0.1, 0.15) is 0 Å². The van der Waals surface area contributed by atoms with Crippen LogP contribution in [0.2, 0.25) is 0 Å². The van der Waals surface area contributed by atoms with Crippen LogP contribution in [-0.2, 0) is 5.41 Å². The summed E-state index contributed by atoms with van der Waals surface area (Å²) in [5, 5.41) is 8.82. The van der Waals surface area contributed by atoms with Gasteiger partial charge in [0.2, 0.25) is 0 Å². The number of nitrogens with zero attached hydrogens (tertiary/aromatic N) is 2. The predicted molar refractivity (Wildman–Crippen MR) is 55.6 cm³/mol. The molecule has 0 bridgehead atoms. The van der Waals surface area contributed by atoms with Crippen molar-refractivity contribution < 1.29 is 0 Å². The molecule has 1 aromatic rings. The third kappa shape index (κ3) is 1.95. The van der Waals surface area contributed by atoms with Gasteiger partial charge < -0.3 is 0 Å². The first-order valence-electron chi connectivity index (χ1n) is 3.59. The van der Waals surface area contributed by atoms with Crippen LogP contribution in [0.3, 0.4) is 0 Å². The summed E-state index contributed by atoms with van der Waals surface area (Å²) in [6.45, 7) is 3.73. The van der Waals surface area contributed by atoms with Crippen LogP contribution in [0.15, 0.2) is 18.3 Å². The Labute approximate surface area is 85.8 Å². The molecule has 0 aliphatic rings. The third-order valence-corrected chi connectivity index (χ3v) is 2.29. The number of rotatable bonds is 1. The van der Waals surface area contributed by atoms with Crippen molar-refractivity contribution in [2.75, 3.05) is 0 Å². The fourth-order valence-corrected chi connectivity index (χ4v) is 1.12. The van der Waals surface area contributed by atoms with E-state index in [1.807, 2.05) is 26.0 Å². The summed E-state index contributed by atoms with van der Waals surface area (Å²) in [6.07, 6.45) is 1.77. The molecule has 2 nitrogen and oxygen atoms in total. The van der Waals surface area contributed by atoms with Crippen LogP contribution < -0.4 is 0 Å². The summed E-state index contributed by atoms with van der Waals surface area (Å²) >= 11 is 2.19. The van der Waals surface area contributed by atoms with E-state index >= 15 is 0 Å².